The fourth-order valence-electron chi connectivity index (χ4n) is 3.56. The lowest BCUT2D eigenvalue weighted by Crippen LogP contribution is -2.53. The zero-order chi connectivity index (χ0) is 17.2. The highest BCUT2D eigenvalue weighted by Gasteiger charge is 2.41. The number of nitrogens with one attached hydrogen (secondary N) is 1. The fraction of sp³-hybridized carbons (Fsp3) is 0.316. The van der Waals surface area contributed by atoms with Gasteiger partial charge in [0.25, 0.3) is 0 Å². The third-order valence-corrected chi connectivity index (χ3v) is 4.77. The minimum atomic E-state index is -0.190. The number of rotatable bonds is 4. The van der Waals surface area contributed by atoms with Crippen LogP contribution in [0.5, 0.6) is 0 Å². The molecule has 2 amide bonds. The molecule has 0 saturated carbocycles. The van der Waals surface area contributed by atoms with Crippen molar-refractivity contribution in [1.29, 1.82) is 0 Å². The van der Waals surface area contributed by atoms with Crippen LogP contribution in [0.25, 0.3) is 0 Å². The maximum atomic E-state index is 12.9. The van der Waals surface area contributed by atoms with Gasteiger partial charge in [0.05, 0.1) is 5.69 Å². The highest BCUT2D eigenvalue weighted by molar-refractivity contribution is 6.07. The molecule has 0 aliphatic carbocycles. The molecule has 1 aromatic carbocycles. The first-order valence-electron chi connectivity index (χ1n) is 8.58. The summed E-state index contributed by atoms with van der Waals surface area (Å²) in [7, 11) is 0. The molecule has 0 radical (unpaired) electrons. The SMILES string of the molecule is O=C(CN1C(=O)[C@@H]2CCCN2c2ncccc21)NCc1ccccc1. The molecule has 1 atom stereocenters. The van der Waals surface area contributed by atoms with E-state index in [1.54, 1.807) is 17.2 Å². The van der Waals surface area contributed by atoms with Crippen LogP contribution in [0.15, 0.2) is 48.7 Å². The molecule has 128 valence electrons. The number of nitrogens with zero attached hydrogens (tertiary/aromatic N) is 3. The van der Waals surface area contributed by atoms with Gasteiger partial charge >= 0.3 is 0 Å². The second kappa shape index (κ2) is 6.55. The van der Waals surface area contributed by atoms with Crippen molar-refractivity contribution in [2.24, 2.45) is 0 Å². The van der Waals surface area contributed by atoms with Crippen LogP contribution in [0.3, 0.4) is 0 Å². The fourth-order valence-corrected chi connectivity index (χ4v) is 3.56. The standard InChI is InChI=1S/C19H20N4O2/c24-17(21-12-14-6-2-1-3-7-14)13-23-15-8-4-10-20-18(15)22-11-5-9-16(22)19(23)25/h1-4,6-8,10,16H,5,9,11-13H2,(H,21,24)/t16-/m0/s1. The predicted molar refractivity (Wildman–Crippen MR) is 95.2 cm³/mol. The molecule has 1 aromatic heterocycles. The topological polar surface area (TPSA) is 65.5 Å². The third-order valence-electron chi connectivity index (χ3n) is 4.77. The van der Waals surface area contributed by atoms with Crippen LogP contribution in [-0.4, -0.2) is 35.9 Å². The molecule has 1 saturated heterocycles. The van der Waals surface area contributed by atoms with Gasteiger partial charge in [-0.3, -0.25) is 14.5 Å². The van der Waals surface area contributed by atoms with Gasteiger partial charge in [0.1, 0.15) is 12.6 Å². The number of hydrogen-bond acceptors (Lipinski definition) is 4. The van der Waals surface area contributed by atoms with Crippen molar-refractivity contribution in [2.75, 3.05) is 22.9 Å². The van der Waals surface area contributed by atoms with E-state index in [2.05, 4.69) is 15.2 Å². The maximum absolute atomic E-state index is 12.9. The molecule has 1 N–H and O–H groups in total. The summed E-state index contributed by atoms with van der Waals surface area (Å²) in [4.78, 5) is 33.3. The summed E-state index contributed by atoms with van der Waals surface area (Å²) in [6.45, 7) is 1.32. The zero-order valence-corrected chi connectivity index (χ0v) is 13.9. The van der Waals surface area contributed by atoms with E-state index in [4.69, 9.17) is 0 Å². The summed E-state index contributed by atoms with van der Waals surface area (Å²) in [5.74, 6) is 0.631. The van der Waals surface area contributed by atoms with Crippen molar-refractivity contribution in [2.45, 2.75) is 25.4 Å². The molecule has 25 heavy (non-hydrogen) atoms. The lowest BCUT2D eigenvalue weighted by Gasteiger charge is -2.38. The molecule has 0 bridgehead atoms. The van der Waals surface area contributed by atoms with E-state index in [0.29, 0.717) is 6.54 Å². The van der Waals surface area contributed by atoms with E-state index in [1.165, 1.54) is 0 Å². The number of benzene rings is 1. The summed E-state index contributed by atoms with van der Waals surface area (Å²) in [5, 5.41) is 2.89. The lowest BCUT2D eigenvalue weighted by atomic mass is 10.1. The minimum Gasteiger partial charge on any atom is -0.350 e. The van der Waals surface area contributed by atoms with E-state index >= 15 is 0 Å². The Labute approximate surface area is 146 Å². The quantitative estimate of drug-likeness (QED) is 0.923. The Balaban J connectivity index is 1.50. The van der Waals surface area contributed by atoms with Crippen molar-refractivity contribution in [3.05, 3.63) is 54.2 Å². The number of anilines is 2. The predicted octanol–water partition coefficient (Wildman–Crippen LogP) is 1.71. The number of aromatic nitrogens is 1. The first kappa shape index (κ1) is 15.6. The largest absolute Gasteiger partial charge is 0.350 e. The number of carbonyl (C=O) groups excluding carboxylic acids is 2. The molecular formula is C19H20N4O2. The van der Waals surface area contributed by atoms with Crippen LogP contribution in [0.4, 0.5) is 11.5 Å². The minimum absolute atomic E-state index is 0.00661. The Morgan fingerprint density at radius 3 is 2.88 bits per heavy atom. The number of pyridine rings is 1. The van der Waals surface area contributed by atoms with Gasteiger partial charge in [-0.2, -0.15) is 0 Å². The Hall–Kier alpha value is -2.89. The summed E-state index contributed by atoms with van der Waals surface area (Å²) >= 11 is 0. The van der Waals surface area contributed by atoms with Gasteiger partial charge in [-0.1, -0.05) is 30.3 Å². The van der Waals surface area contributed by atoms with Gasteiger partial charge in [-0.15, -0.1) is 0 Å². The Morgan fingerprint density at radius 1 is 1.20 bits per heavy atom. The first-order chi connectivity index (χ1) is 12.2. The van der Waals surface area contributed by atoms with Crippen molar-refractivity contribution >= 4 is 23.3 Å². The van der Waals surface area contributed by atoms with Crippen LogP contribution in [0.1, 0.15) is 18.4 Å². The van der Waals surface area contributed by atoms with Crippen molar-refractivity contribution < 1.29 is 9.59 Å². The molecule has 3 heterocycles. The molecule has 2 aromatic rings. The Bertz CT molecular complexity index is 793. The van der Waals surface area contributed by atoms with Gasteiger partial charge in [0.15, 0.2) is 5.82 Å². The van der Waals surface area contributed by atoms with Crippen molar-refractivity contribution in [3.8, 4) is 0 Å². The maximum Gasteiger partial charge on any atom is 0.250 e. The normalized spacial score (nSPS) is 18.7. The molecule has 0 spiro atoms. The molecule has 2 aliphatic rings. The summed E-state index contributed by atoms with van der Waals surface area (Å²) in [6.07, 6.45) is 3.52. The lowest BCUT2D eigenvalue weighted by molar-refractivity contribution is -0.124. The third kappa shape index (κ3) is 2.95. The smallest absolute Gasteiger partial charge is 0.250 e. The Kier molecular flexibility index (Phi) is 4.09. The average molecular weight is 336 g/mol. The van der Waals surface area contributed by atoms with Crippen LogP contribution >= 0.6 is 0 Å². The second-order valence-corrected chi connectivity index (χ2v) is 6.38. The van der Waals surface area contributed by atoms with Gasteiger partial charge in [-0.05, 0) is 30.5 Å². The number of fused-ring (bicyclic) bond motifs is 3. The molecule has 0 unspecified atom stereocenters. The van der Waals surface area contributed by atoms with E-state index in [-0.39, 0.29) is 24.4 Å². The van der Waals surface area contributed by atoms with E-state index < -0.39 is 0 Å². The van der Waals surface area contributed by atoms with Crippen LogP contribution in [0, 0.1) is 0 Å². The van der Waals surface area contributed by atoms with Gasteiger partial charge in [0.2, 0.25) is 11.8 Å². The van der Waals surface area contributed by atoms with Crippen LogP contribution < -0.4 is 15.1 Å². The van der Waals surface area contributed by atoms with Gasteiger partial charge < -0.3 is 10.2 Å². The van der Waals surface area contributed by atoms with Gasteiger partial charge in [-0.25, -0.2) is 4.98 Å². The van der Waals surface area contributed by atoms with Crippen LogP contribution in [-0.2, 0) is 16.1 Å². The second-order valence-electron chi connectivity index (χ2n) is 6.38. The van der Waals surface area contributed by atoms with Crippen molar-refractivity contribution in [3.63, 3.8) is 0 Å². The first-order valence-corrected chi connectivity index (χ1v) is 8.58. The summed E-state index contributed by atoms with van der Waals surface area (Å²) in [6, 6.07) is 13.2. The molecular weight excluding hydrogens is 316 g/mol. The zero-order valence-electron chi connectivity index (χ0n) is 13.9. The Morgan fingerprint density at radius 2 is 2.04 bits per heavy atom. The summed E-state index contributed by atoms with van der Waals surface area (Å²) in [5.41, 5.74) is 1.75. The molecule has 6 nitrogen and oxygen atoms in total. The van der Waals surface area contributed by atoms with Crippen molar-refractivity contribution in [1.82, 2.24) is 10.3 Å². The van der Waals surface area contributed by atoms with E-state index in [0.717, 1.165) is 36.5 Å². The average Bonchev–Trinajstić information content (AvgIpc) is 3.14. The molecule has 6 heteroatoms. The molecule has 4 rings (SSSR count). The van der Waals surface area contributed by atoms with E-state index in [1.807, 2.05) is 36.4 Å². The highest BCUT2D eigenvalue weighted by atomic mass is 16.2. The monoisotopic (exact) mass is 336 g/mol. The summed E-state index contributed by atoms with van der Waals surface area (Å²) < 4.78 is 0. The number of hydrogen-bond donors (Lipinski definition) is 1. The number of amides is 2. The molecule has 1 fully saturated rings. The van der Waals surface area contributed by atoms with Crippen LogP contribution in [0.2, 0.25) is 0 Å². The van der Waals surface area contributed by atoms with E-state index in [9.17, 15) is 9.59 Å². The molecule has 2 aliphatic heterocycles. The van der Waals surface area contributed by atoms with Gasteiger partial charge in [0, 0.05) is 19.3 Å². The highest BCUT2D eigenvalue weighted by Crippen LogP contribution is 2.37. The number of carbonyl (C=O) groups is 2.